The summed E-state index contributed by atoms with van der Waals surface area (Å²) < 4.78 is 0. The quantitative estimate of drug-likeness (QED) is 0.759. The van der Waals surface area contributed by atoms with Crippen LogP contribution in [0.2, 0.25) is 0 Å². The van der Waals surface area contributed by atoms with E-state index in [1.54, 1.807) is 0 Å². The van der Waals surface area contributed by atoms with E-state index in [2.05, 4.69) is 6.92 Å². The second kappa shape index (κ2) is 3.74. The van der Waals surface area contributed by atoms with Crippen LogP contribution in [0.3, 0.4) is 0 Å². The molecule has 1 heteroatoms. The molecule has 1 aliphatic carbocycles. The standard InChI is InChI=1S/C13H18O/c1-2-11-9-6-10-13(11,14)12-7-4-3-5-8-12/h3-5,7-8,11,14H,2,6,9-10H2,1H3/t11-,13+/m1/s1. The first kappa shape index (κ1) is 9.72. The Morgan fingerprint density at radius 2 is 2.07 bits per heavy atom. The fourth-order valence-corrected chi connectivity index (χ4v) is 2.71. The van der Waals surface area contributed by atoms with Crippen molar-refractivity contribution in [1.29, 1.82) is 0 Å². The molecule has 0 radical (unpaired) electrons. The lowest BCUT2D eigenvalue weighted by molar-refractivity contribution is -0.00387. The summed E-state index contributed by atoms with van der Waals surface area (Å²) in [5.41, 5.74) is 0.556. The molecule has 76 valence electrons. The largest absolute Gasteiger partial charge is 0.385 e. The van der Waals surface area contributed by atoms with Crippen molar-refractivity contribution in [3.05, 3.63) is 35.9 Å². The van der Waals surface area contributed by atoms with E-state index in [1.165, 1.54) is 6.42 Å². The van der Waals surface area contributed by atoms with Gasteiger partial charge in [0.05, 0.1) is 5.60 Å². The Hall–Kier alpha value is -0.820. The molecule has 1 aromatic rings. The third-order valence-corrected chi connectivity index (χ3v) is 3.55. The van der Waals surface area contributed by atoms with Gasteiger partial charge in [-0.1, -0.05) is 43.7 Å². The first-order valence-electron chi connectivity index (χ1n) is 5.55. The first-order valence-corrected chi connectivity index (χ1v) is 5.55. The third kappa shape index (κ3) is 1.46. The molecule has 0 bridgehead atoms. The highest BCUT2D eigenvalue weighted by atomic mass is 16.3. The molecule has 0 heterocycles. The minimum Gasteiger partial charge on any atom is -0.385 e. The lowest BCUT2D eigenvalue weighted by Crippen LogP contribution is -2.29. The molecular formula is C13H18O. The van der Waals surface area contributed by atoms with Gasteiger partial charge >= 0.3 is 0 Å². The van der Waals surface area contributed by atoms with Crippen molar-refractivity contribution >= 4 is 0 Å². The molecule has 1 fully saturated rings. The van der Waals surface area contributed by atoms with E-state index in [0.717, 1.165) is 24.8 Å². The Kier molecular flexibility index (Phi) is 2.60. The number of hydrogen-bond acceptors (Lipinski definition) is 1. The molecular weight excluding hydrogens is 172 g/mol. The smallest absolute Gasteiger partial charge is 0.0924 e. The van der Waals surface area contributed by atoms with Crippen molar-refractivity contribution in [2.24, 2.45) is 5.92 Å². The molecule has 0 unspecified atom stereocenters. The van der Waals surface area contributed by atoms with Crippen LogP contribution in [0, 0.1) is 5.92 Å². The fourth-order valence-electron chi connectivity index (χ4n) is 2.71. The molecule has 0 saturated heterocycles. The monoisotopic (exact) mass is 190 g/mol. The second-order valence-corrected chi connectivity index (χ2v) is 4.29. The zero-order valence-electron chi connectivity index (χ0n) is 8.74. The Morgan fingerprint density at radius 3 is 2.71 bits per heavy atom. The maximum atomic E-state index is 10.6. The van der Waals surface area contributed by atoms with Crippen molar-refractivity contribution in [3.8, 4) is 0 Å². The first-order chi connectivity index (χ1) is 6.77. The summed E-state index contributed by atoms with van der Waals surface area (Å²) in [6.45, 7) is 2.17. The molecule has 1 aliphatic rings. The van der Waals surface area contributed by atoms with Gasteiger partial charge in [0.2, 0.25) is 0 Å². The van der Waals surface area contributed by atoms with Crippen LogP contribution in [0.25, 0.3) is 0 Å². The summed E-state index contributed by atoms with van der Waals surface area (Å²) in [7, 11) is 0. The maximum Gasteiger partial charge on any atom is 0.0924 e. The van der Waals surface area contributed by atoms with Gasteiger partial charge in [0, 0.05) is 0 Å². The Bertz CT molecular complexity index is 293. The number of hydrogen-bond donors (Lipinski definition) is 1. The molecule has 0 aliphatic heterocycles. The van der Waals surface area contributed by atoms with Gasteiger partial charge in [-0.25, -0.2) is 0 Å². The van der Waals surface area contributed by atoms with Crippen LogP contribution in [0.1, 0.15) is 38.2 Å². The Labute approximate surface area is 85.8 Å². The SMILES string of the molecule is CC[C@@H]1CCC[C@@]1(O)c1ccccc1. The van der Waals surface area contributed by atoms with Crippen molar-refractivity contribution in [3.63, 3.8) is 0 Å². The van der Waals surface area contributed by atoms with Gasteiger partial charge in [-0.15, -0.1) is 0 Å². The minimum atomic E-state index is -0.546. The molecule has 1 aromatic carbocycles. The zero-order valence-corrected chi connectivity index (χ0v) is 8.74. The van der Waals surface area contributed by atoms with Crippen LogP contribution in [-0.2, 0) is 5.60 Å². The van der Waals surface area contributed by atoms with Crippen molar-refractivity contribution in [2.75, 3.05) is 0 Å². The molecule has 1 saturated carbocycles. The van der Waals surface area contributed by atoms with Crippen LogP contribution < -0.4 is 0 Å². The topological polar surface area (TPSA) is 20.2 Å². The van der Waals surface area contributed by atoms with Crippen LogP contribution in [0.15, 0.2) is 30.3 Å². The van der Waals surface area contributed by atoms with E-state index in [9.17, 15) is 5.11 Å². The molecule has 14 heavy (non-hydrogen) atoms. The molecule has 1 N–H and O–H groups in total. The van der Waals surface area contributed by atoms with Gasteiger partial charge in [0.15, 0.2) is 0 Å². The zero-order chi connectivity index (χ0) is 10.0. The molecule has 1 nitrogen and oxygen atoms in total. The highest BCUT2D eigenvalue weighted by Crippen LogP contribution is 2.44. The van der Waals surface area contributed by atoms with Crippen molar-refractivity contribution in [2.45, 2.75) is 38.2 Å². The Balaban J connectivity index is 2.31. The number of benzene rings is 1. The molecule has 2 rings (SSSR count). The molecule has 0 aromatic heterocycles. The van der Waals surface area contributed by atoms with Gasteiger partial charge < -0.3 is 5.11 Å². The number of aliphatic hydroxyl groups is 1. The van der Waals surface area contributed by atoms with E-state index in [0.29, 0.717) is 5.92 Å². The predicted molar refractivity (Wildman–Crippen MR) is 58.0 cm³/mol. The number of rotatable bonds is 2. The second-order valence-electron chi connectivity index (χ2n) is 4.29. The summed E-state index contributed by atoms with van der Waals surface area (Å²) in [6, 6.07) is 10.1. The van der Waals surface area contributed by atoms with Gasteiger partial charge in [0.25, 0.3) is 0 Å². The highest BCUT2D eigenvalue weighted by molar-refractivity contribution is 5.24. The lowest BCUT2D eigenvalue weighted by atomic mass is 9.82. The summed E-state index contributed by atoms with van der Waals surface area (Å²) >= 11 is 0. The Morgan fingerprint density at radius 1 is 1.36 bits per heavy atom. The van der Waals surface area contributed by atoms with Gasteiger partial charge in [-0.05, 0) is 30.7 Å². The van der Waals surface area contributed by atoms with E-state index >= 15 is 0 Å². The van der Waals surface area contributed by atoms with Crippen LogP contribution in [-0.4, -0.2) is 5.11 Å². The summed E-state index contributed by atoms with van der Waals surface area (Å²) in [4.78, 5) is 0. The van der Waals surface area contributed by atoms with Crippen LogP contribution in [0.5, 0.6) is 0 Å². The lowest BCUT2D eigenvalue weighted by Gasteiger charge is -2.30. The summed E-state index contributed by atoms with van der Waals surface area (Å²) in [6.07, 6.45) is 4.33. The van der Waals surface area contributed by atoms with Crippen LogP contribution in [0.4, 0.5) is 0 Å². The summed E-state index contributed by atoms with van der Waals surface area (Å²) in [5.74, 6) is 0.449. The normalized spacial score (nSPS) is 32.0. The minimum absolute atomic E-state index is 0.449. The van der Waals surface area contributed by atoms with Crippen molar-refractivity contribution in [1.82, 2.24) is 0 Å². The van der Waals surface area contributed by atoms with Crippen molar-refractivity contribution < 1.29 is 5.11 Å². The van der Waals surface area contributed by atoms with Gasteiger partial charge in [-0.3, -0.25) is 0 Å². The predicted octanol–water partition coefficient (Wildman–Crippen LogP) is 3.08. The average molecular weight is 190 g/mol. The average Bonchev–Trinajstić information content (AvgIpc) is 2.62. The van der Waals surface area contributed by atoms with Gasteiger partial charge in [-0.2, -0.15) is 0 Å². The van der Waals surface area contributed by atoms with E-state index in [-0.39, 0.29) is 0 Å². The van der Waals surface area contributed by atoms with E-state index in [1.807, 2.05) is 30.3 Å². The molecule has 2 atom stereocenters. The van der Waals surface area contributed by atoms with E-state index in [4.69, 9.17) is 0 Å². The van der Waals surface area contributed by atoms with Crippen LogP contribution >= 0.6 is 0 Å². The fraction of sp³-hybridized carbons (Fsp3) is 0.538. The highest BCUT2D eigenvalue weighted by Gasteiger charge is 2.40. The third-order valence-electron chi connectivity index (χ3n) is 3.55. The van der Waals surface area contributed by atoms with E-state index < -0.39 is 5.60 Å². The molecule has 0 spiro atoms. The maximum absolute atomic E-state index is 10.6. The molecule has 0 amide bonds. The summed E-state index contributed by atoms with van der Waals surface area (Å²) in [5, 5.41) is 10.6. The van der Waals surface area contributed by atoms with Gasteiger partial charge in [0.1, 0.15) is 0 Å².